The van der Waals surface area contributed by atoms with Gasteiger partial charge in [0.2, 0.25) is 5.88 Å². The molecule has 0 spiro atoms. The number of hydrogen-bond acceptors (Lipinski definition) is 6. The van der Waals surface area contributed by atoms with E-state index in [0.717, 1.165) is 18.5 Å². The fourth-order valence-electron chi connectivity index (χ4n) is 2.55. The van der Waals surface area contributed by atoms with Crippen molar-refractivity contribution in [3.63, 3.8) is 0 Å². The summed E-state index contributed by atoms with van der Waals surface area (Å²) in [7, 11) is 3.21. The highest BCUT2D eigenvalue weighted by Gasteiger charge is 2.31. The van der Waals surface area contributed by atoms with Crippen LogP contribution in [0.2, 0.25) is 0 Å². The lowest BCUT2D eigenvalue weighted by molar-refractivity contribution is 0.397. The summed E-state index contributed by atoms with van der Waals surface area (Å²) in [6.07, 6.45) is 5.22. The molecule has 0 bridgehead atoms. The third-order valence-corrected chi connectivity index (χ3v) is 3.82. The number of H-pyrrole nitrogens is 1. The molecular weight excluding hydrogens is 284 g/mol. The molecule has 1 aliphatic rings. The third kappa shape index (κ3) is 1.87. The van der Waals surface area contributed by atoms with E-state index < -0.39 is 0 Å². The van der Waals surface area contributed by atoms with Crippen molar-refractivity contribution in [2.45, 2.75) is 18.8 Å². The maximum Gasteiger partial charge on any atom is 0.277 e. The summed E-state index contributed by atoms with van der Waals surface area (Å²) < 4.78 is 6.73. The zero-order valence-corrected chi connectivity index (χ0v) is 12.2. The van der Waals surface area contributed by atoms with E-state index >= 15 is 0 Å². The maximum absolute atomic E-state index is 11.9. The molecule has 22 heavy (non-hydrogen) atoms. The average molecular weight is 298 g/mol. The Hall–Kier alpha value is -2.77. The van der Waals surface area contributed by atoms with E-state index in [1.54, 1.807) is 14.2 Å². The van der Waals surface area contributed by atoms with Crippen LogP contribution >= 0.6 is 0 Å². The normalized spacial score (nSPS) is 14.5. The van der Waals surface area contributed by atoms with Crippen LogP contribution in [0.4, 0.5) is 0 Å². The zero-order valence-electron chi connectivity index (χ0n) is 12.2. The van der Waals surface area contributed by atoms with Crippen molar-refractivity contribution >= 4 is 11.0 Å². The van der Waals surface area contributed by atoms with E-state index in [1.807, 2.05) is 0 Å². The van der Waals surface area contributed by atoms with Gasteiger partial charge < -0.3 is 4.74 Å². The predicted octanol–water partition coefficient (Wildman–Crippen LogP) is 1.000. The number of ether oxygens (including phenoxy) is 1. The van der Waals surface area contributed by atoms with Crippen LogP contribution in [-0.4, -0.2) is 36.8 Å². The summed E-state index contributed by atoms with van der Waals surface area (Å²) in [6, 6.07) is 0. The minimum atomic E-state index is -0.153. The minimum absolute atomic E-state index is 0.153. The lowest BCUT2D eigenvalue weighted by Gasteiger charge is -2.10. The number of aromatic amines is 1. The number of fused-ring (bicyclic) bond motifs is 1. The van der Waals surface area contributed by atoms with Gasteiger partial charge in [-0.15, -0.1) is 0 Å². The number of aromatic nitrogens is 6. The average Bonchev–Trinajstić information content (AvgIpc) is 3.34. The predicted molar refractivity (Wildman–Crippen MR) is 78.7 cm³/mol. The van der Waals surface area contributed by atoms with Crippen LogP contribution in [0.25, 0.3) is 22.4 Å². The molecule has 112 valence electrons. The smallest absolute Gasteiger partial charge is 0.277 e. The minimum Gasteiger partial charge on any atom is -0.480 e. The molecule has 0 aliphatic heterocycles. The van der Waals surface area contributed by atoms with E-state index in [0.29, 0.717) is 34.2 Å². The molecule has 0 unspecified atom stereocenters. The monoisotopic (exact) mass is 298 g/mol. The van der Waals surface area contributed by atoms with E-state index in [4.69, 9.17) is 4.74 Å². The first kappa shape index (κ1) is 12.9. The summed E-state index contributed by atoms with van der Waals surface area (Å²) in [5, 5.41) is 3.36. The number of nitrogens with one attached hydrogen (secondary N) is 1. The molecule has 0 aromatic carbocycles. The Morgan fingerprint density at radius 2 is 2.14 bits per heavy atom. The molecule has 3 aromatic rings. The molecule has 8 heteroatoms. The second kappa shape index (κ2) is 4.62. The first-order chi connectivity index (χ1) is 10.7. The Morgan fingerprint density at radius 1 is 1.32 bits per heavy atom. The Kier molecular flexibility index (Phi) is 2.72. The number of rotatable bonds is 3. The van der Waals surface area contributed by atoms with Gasteiger partial charge in [0.05, 0.1) is 12.8 Å². The lowest BCUT2D eigenvalue weighted by atomic mass is 10.1. The Balaban J connectivity index is 1.96. The fourth-order valence-corrected chi connectivity index (χ4v) is 2.55. The highest BCUT2D eigenvalue weighted by atomic mass is 16.5. The largest absolute Gasteiger partial charge is 0.480 e. The van der Waals surface area contributed by atoms with Gasteiger partial charge in [-0.05, 0) is 12.8 Å². The summed E-state index contributed by atoms with van der Waals surface area (Å²) in [4.78, 5) is 29.2. The van der Waals surface area contributed by atoms with E-state index in [1.165, 1.54) is 17.2 Å². The van der Waals surface area contributed by atoms with Crippen LogP contribution in [0, 0.1) is 0 Å². The van der Waals surface area contributed by atoms with Gasteiger partial charge >= 0.3 is 0 Å². The van der Waals surface area contributed by atoms with Crippen LogP contribution in [0.3, 0.4) is 0 Å². The topological polar surface area (TPSA) is 98.6 Å². The number of aryl methyl sites for hydroxylation is 1. The van der Waals surface area contributed by atoms with Crippen molar-refractivity contribution in [1.82, 2.24) is 29.7 Å². The quantitative estimate of drug-likeness (QED) is 0.774. The molecule has 0 amide bonds. The molecule has 8 nitrogen and oxygen atoms in total. The first-order valence-corrected chi connectivity index (χ1v) is 7.00. The summed E-state index contributed by atoms with van der Waals surface area (Å²) in [5.74, 6) is 1.32. The van der Waals surface area contributed by atoms with Gasteiger partial charge in [0.1, 0.15) is 17.3 Å². The lowest BCUT2D eigenvalue weighted by Crippen LogP contribution is -2.11. The Bertz CT molecular complexity index is 925. The number of methoxy groups -OCH3 is 1. The summed E-state index contributed by atoms with van der Waals surface area (Å²) in [6.45, 7) is 0. The van der Waals surface area contributed by atoms with Crippen LogP contribution in [0.15, 0.2) is 17.3 Å². The highest BCUT2D eigenvalue weighted by Crippen LogP contribution is 2.44. The van der Waals surface area contributed by atoms with Crippen molar-refractivity contribution in [2.24, 2.45) is 7.05 Å². The van der Waals surface area contributed by atoms with Crippen LogP contribution in [-0.2, 0) is 7.05 Å². The molecule has 1 fully saturated rings. The first-order valence-electron chi connectivity index (χ1n) is 7.00. The third-order valence-electron chi connectivity index (χ3n) is 3.82. The molecule has 1 N–H and O–H groups in total. The second-order valence-electron chi connectivity index (χ2n) is 5.35. The Morgan fingerprint density at radius 3 is 2.86 bits per heavy atom. The second-order valence-corrected chi connectivity index (χ2v) is 5.35. The SMILES string of the molecule is COc1ncnc(C2CC2)c1-c1ncc2c(=O)n(C)[nH]c2n1. The Labute approximate surface area is 125 Å². The van der Waals surface area contributed by atoms with Crippen molar-refractivity contribution in [1.29, 1.82) is 0 Å². The maximum atomic E-state index is 11.9. The molecule has 4 rings (SSSR count). The van der Waals surface area contributed by atoms with Gasteiger partial charge in [0.15, 0.2) is 11.5 Å². The van der Waals surface area contributed by atoms with Gasteiger partial charge in [-0.3, -0.25) is 14.6 Å². The van der Waals surface area contributed by atoms with Crippen LogP contribution < -0.4 is 10.3 Å². The molecule has 1 saturated carbocycles. The molecule has 0 atom stereocenters. The van der Waals surface area contributed by atoms with Gasteiger partial charge in [-0.25, -0.2) is 19.9 Å². The number of nitrogens with zero attached hydrogens (tertiary/aromatic N) is 5. The highest BCUT2D eigenvalue weighted by molar-refractivity contribution is 5.76. The van der Waals surface area contributed by atoms with Crippen LogP contribution in [0.1, 0.15) is 24.5 Å². The zero-order chi connectivity index (χ0) is 15.3. The fraction of sp³-hybridized carbons (Fsp3) is 0.357. The standard InChI is InChI=1S/C14H14N6O2/c1-20-14(21)8-5-15-12(18-11(8)19-20)9-10(7-3-4-7)16-6-17-13(9)22-2/h5-7H,3-4H2,1-2H3,(H,15,18,19). The van der Waals surface area contributed by atoms with Gasteiger partial charge in [0.25, 0.3) is 5.56 Å². The van der Waals surface area contributed by atoms with E-state index in [9.17, 15) is 4.79 Å². The molecule has 3 aromatic heterocycles. The van der Waals surface area contributed by atoms with Gasteiger partial charge in [-0.2, -0.15) is 0 Å². The summed E-state index contributed by atoms with van der Waals surface area (Å²) in [5.41, 5.74) is 1.95. The van der Waals surface area contributed by atoms with Crippen molar-refractivity contribution in [3.8, 4) is 17.3 Å². The van der Waals surface area contributed by atoms with Gasteiger partial charge in [-0.1, -0.05) is 0 Å². The van der Waals surface area contributed by atoms with Crippen molar-refractivity contribution in [3.05, 3.63) is 28.6 Å². The molecule has 0 radical (unpaired) electrons. The van der Waals surface area contributed by atoms with E-state index in [-0.39, 0.29) is 5.56 Å². The summed E-state index contributed by atoms with van der Waals surface area (Å²) >= 11 is 0. The molecule has 1 aliphatic carbocycles. The van der Waals surface area contributed by atoms with E-state index in [2.05, 4.69) is 25.0 Å². The van der Waals surface area contributed by atoms with Crippen LogP contribution in [0.5, 0.6) is 5.88 Å². The van der Waals surface area contributed by atoms with Gasteiger partial charge in [0, 0.05) is 19.2 Å². The molecule has 0 saturated heterocycles. The molecule has 3 heterocycles. The van der Waals surface area contributed by atoms with Crippen molar-refractivity contribution < 1.29 is 4.74 Å². The molecular formula is C14H14N6O2. The van der Waals surface area contributed by atoms with Crippen molar-refractivity contribution in [2.75, 3.05) is 7.11 Å². The number of hydrogen-bond donors (Lipinski definition) is 1.